The summed E-state index contributed by atoms with van der Waals surface area (Å²) in [6.07, 6.45) is 0.971. The van der Waals surface area contributed by atoms with E-state index in [4.69, 9.17) is 4.74 Å². The second kappa shape index (κ2) is 6.73. The van der Waals surface area contributed by atoms with Gasteiger partial charge in [0.15, 0.2) is 0 Å². The number of rotatable bonds is 6. The number of hydrogen-bond donors (Lipinski definition) is 1. The lowest BCUT2D eigenvalue weighted by atomic mass is 10.0. The van der Waals surface area contributed by atoms with Gasteiger partial charge in [0.2, 0.25) is 0 Å². The molecule has 2 rings (SSSR count). The predicted octanol–water partition coefficient (Wildman–Crippen LogP) is 3.96. The number of aryl methyl sites for hydroxylation is 1. The average Bonchev–Trinajstić information content (AvgIpc) is 2.92. The standard InChI is InChI=1S/C16H21NOS/c1-12-6-7-16(15(11-12)13(2)17-3)18-9-8-14-5-4-10-19-14/h4-7,10-11,13,17H,8-9H2,1-3H3. The molecule has 0 aliphatic rings. The zero-order valence-corrected chi connectivity index (χ0v) is 12.6. The van der Waals surface area contributed by atoms with Crippen LogP contribution in [0.2, 0.25) is 0 Å². The van der Waals surface area contributed by atoms with Crippen molar-refractivity contribution in [3.05, 3.63) is 51.7 Å². The second-order valence-corrected chi connectivity index (χ2v) is 5.76. The molecule has 102 valence electrons. The molecule has 19 heavy (non-hydrogen) atoms. The van der Waals surface area contributed by atoms with Gasteiger partial charge in [-0.1, -0.05) is 23.8 Å². The van der Waals surface area contributed by atoms with Gasteiger partial charge in [-0.2, -0.15) is 0 Å². The molecule has 0 amide bonds. The minimum Gasteiger partial charge on any atom is -0.493 e. The molecule has 0 bridgehead atoms. The molecule has 0 saturated heterocycles. The Morgan fingerprint density at radius 2 is 2.16 bits per heavy atom. The van der Waals surface area contributed by atoms with E-state index in [-0.39, 0.29) is 0 Å². The van der Waals surface area contributed by atoms with Gasteiger partial charge in [0.25, 0.3) is 0 Å². The Bertz CT molecular complexity index is 507. The number of nitrogens with one attached hydrogen (secondary N) is 1. The van der Waals surface area contributed by atoms with Crippen LogP contribution in [0, 0.1) is 6.92 Å². The molecule has 0 spiro atoms. The van der Waals surface area contributed by atoms with E-state index in [0.29, 0.717) is 6.04 Å². The van der Waals surface area contributed by atoms with Crippen molar-refractivity contribution in [3.63, 3.8) is 0 Å². The van der Waals surface area contributed by atoms with Gasteiger partial charge in [0, 0.05) is 22.9 Å². The van der Waals surface area contributed by atoms with Gasteiger partial charge in [-0.25, -0.2) is 0 Å². The molecule has 3 heteroatoms. The first-order valence-electron chi connectivity index (χ1n) is 6.63. The Morgan fingerprint density at radius 1 is 1.32 bits per heavy atom. The molecular weight excluding hydrogens is 254 g/mol. The van der Waals surface area contributed by atoms with Gasteiger partial charge in [-0.05, 0) is 38.4 Å². The van der Waals surface area contributed by atoms with Gasteiger partial charge in [-0.3, -0.25) is 0 Å². The highest BCUT2D eigenvalue weighted by atomic mass is 32.1. The van der Waals surface area contributed by atoms with Crippen LogP contribution in [0.15, 0.2) is 35.7 Å². The Labute approximate surface area is 119 Å². The maximum atomic E-state index is 5.96. The molecule has 0 aliphatic carbocycles. The Morgan fingerprint density at radius 3 is 2.84 bits per heavy atom. The van der Waals surface area contributed by atoms with Crippen LogP contribution in [-0.2, 0) is 6.42 Å². The van der Waals surface area contributed by atoms with E-state index in [2.05, 4.69) is 54.9 Å². The van der Waals surface area contributed by atoms with Crippen molar-refractivity contribution < 1.29 is 4.74 Å². The summed E-state index contributed by atoms with van der Waals surface area (Å²) in [6, 6.07) is 10.9. The number of thiophene rings is 1. The molecule has 0 saturated carbocycles. The number of benzene rings is 1. The molecule has 1 N–H and O–H groups in total. The smallest absolute Gasteiger partial charge is 0.124 e. The lowest BCUT2D eigenvalue weighted by Crippen LogP contribution is -2.14. The van der Waals surface area contributed by atoms with Crippen molar-refractivity contribution in [3.8, 4) is 5.75 Å². The maximum absolute atomic E-state index is 5.96. The molecule has 1 atom stereocenters. The molecule has 2 nitrogen and oxygen atoms in total. The summed E-state index contributed by atoms with van der Waals surface area (Å²) in [4.78, 5) is 1.37. The highest BCUT2D eigenvalue weighted by Crippen LogP contribution is 2.26. The van der Waals surface area contributed by atoms with E-state index in [1.165, 1.54) is 16.0 Å². The molecule has 1 aromatic heterocycles. The van der Waals surface area contributed by atoms with Crippen LogP contribution < -0.4 is 10.1 Å². The highest BCUT2D eigenvalue weighted by Gasteiger charge is 2.10. The van der Waals surface area contributed by atoms with Crippen LogP contribution in [0.3, 0.4) is 0 Å². The SMILES string of the molecule is CNC(C)c1cc(C)ccc1OCCc1cccs1. The summed E-state index contributed by atoms with van der Waals surface area (Å²) in [6.45, 7) is 5.00. The molecule has 1 aromatic carbocycles. The van der Waals surface area contributed by atoms with Crippen molar-refractivity contribution in [2.45, 2.75) is 26.3 Å². The van der Waals surface area contributed by atoms with Crippen LogP contribution in [0.1, 0.15) is 29.0 Å². The van der Waals surface area contributed by atoms with Crippen LogP contribution in [0.4, 0.5) is 0 Å². The first-order chi connectivity index (χ1) is 9.20. The summed E-state index contributed by atoms with van der Waals surface area (Å²) in [5.41, 5.74) is 2.50. The third-order valence-electron chi connectivity index (χ3n) is 3.25. The van der Waals surface area contributed by atoms with Gasteiger partial charge in [0.1, 0.15) is 5.75 Å². The minimum absolute atomic E-state index is 0.302. The molecule has 2 aromatic rings. The third kappa shape index (κ3) is 3.82. The van der Waals surface area contributed by atoms with Crippen LogP contribution >= 0.6 is 11.3 Å². The summed E-state index contributed by atoms with van der Waals surface area (Å²) in [7, 11) is 1.97. The first-order valence-corrected chi connectivity index (χ1v) is 7.51. The van der Waals surface area contributed by atoms with Gasteiger partial charge >= 0.3 is 0 Å². The quantitative estimate of drug-likeness (QED) is 0.861. The fraction of sp³-hybridized carbons (Fsp3) is 0.375. The monoisotopic (exact) mass is 275 g/mol. The van der Waals surface area contributed by atoms with Gasteiger partial charge < -0.3 is 10.1 Å². The van der Waals surface area contributed by atoms with Crippen molar-refractivity contribution in [1.82, 2.24) is 5.32 Å². The fourth-order valence-corrected chi connectivity index (χ4v) is 2.70. The summed E-state index contributed by atoms with van der Waals surface area (Å²) in [5, 5.41) is 5.38. The zero-order valence-electron chi connectivity index (χ0n) is 11.8. The van der Waals surface area contributed by atoms with E-state index in [1.807, 2.05) is 7.05 Å². The molecule has 0 aliphatic heterocycles. The largest absolute Gasteiger partial charge is 0.493 e. The maximum Gasteiger partial charge on any atom is 0.124 e. The van der Waals surface area contributed by atoms with E-state index in [9.17, 15) is 0 Å². The number of hydrogen-bond acceptors (Lipinski definition) is 3. The highest BCUT2D eigenvalue weighted by molar-refractivity contribution is 7.09. The molecule has 1 heterocycles. The van der Waals surface area contributed by atoms with E-state index in [1.54, 1.807) is 11.3 Å². The normalized spacial score (nSPS) is 12.4. The Kier molecular flexibility index (Phi) is 5.00. The van der Waals surface area contributed by atoms with Crippen LogP contribution in [0.5, 0.6) is 5.75 Å². The van der Waals surface area contributed by atoms with Crippen LogP contribution in [0.25, 0.3) is 0 Å². The van der Waals surface area contributed by atoms with Crippen molar-refractivity contribution in [2.75, 3.05) is 13.7 Å². The van der Waals surface area contributed by atoms with E-state index >= 15 is 0 Å². The lowest BCUT2D eigenvalue weighted by molar-refractivity contribution is 0.316. The Balaban J connectivity index is 2.02. The van der Waals surface area contributed by atoms with Crippen molar-refractivity contribution >= 4 is 11.3 Å². The molecule has 0 fully saturated rings. The minimum atomic E-state index is 0.302. The van der Waals surface area contributed by atoms with Crippen molar-refractivity contribution in [1.29, 1.82) is 0 Å². The van der Waals surface area contributed by atoms with E-state index in [0.717, 1.165) is 18.8 Å². The molecular formula is C16H21NOS. The predicted molar refractivity (Wildman–Crippen MR) is 82.2 cm³/mol. The van der Waals surface area contributed by atoms with E-state index < -0.39 is 0 Å². The fourth-order valence-electron chi connectivity index (χ4n) is 2.01. The van der Waals surface area contributed by atoms with Crippen LogP contribution in [-0.4, -0.2) is 13.7 Å². The first kappa shape index (κ1) is 14.1. The zero-order chi connectivity index (χ0) is 13.7. The average molecular weight is 275 g/mol. The van der Waals surface area contributed by atoms with Gasteiger partial charge in [-0.15, -0.1) is 11.3 Å². The third-order valence-corrected chi connectivity index (χ3v) is 4.19. The van der Waals surface area contributed by atoms with Crippen molar-refractivity contribution in [2.24, 2.45) is 0 Å². The summed E-state index contributed by atoms with van der Waals surface area (Å²) in [5.74, 6) is 0.990. The summed E-state index contributed by atoms with van der Waals surface area (Å²) >= 11 is 1.78. The molecule has 1 unspecified atom stereocenters. The molecule has 0 radical (unpaired) electrons. The lowest BCUT2D eigenvalue weighted by Gasteiger charge is -2.17. The topological polar surface area (TPSA) is 21.3 Å². The second-order valence-electron chi connectivity index (χ2n) is 4.73. The Hall–Kier alpha value is -1.32. The van der Waals surface area contributed by atoms with Gasteiger partial charge in [0.05, 0.1) is 6.61 Å². The summed E-state index contributed by atoms with van der Waals surface area (Å²) < 4.78 is 5.96. The number of ether oxygens (including phenoxy) is 1.